The van der Waals surface area contributed by atoms with Crippen LogP contribution in [0.25, 0.3) is 22.2 Å². The van der Waals surface area contributed by atoms with Crippen LogP contribution < -0.4 is 20.1 Å². The molecule has 0 bridgehead atoms. The fourth-order valence-corrected chi connectivity index (χ4v) is 7.16. The number of pyridine rings is 1. The molecule has 2 aliphatic carbocycles. The number of amides is 3. The number of methoxy groups -OCH3 is 1. The molecular formula is C39H46N4O8. The number of alkyl carbamates (subject to hydrolysis) is 1. The molecule has 12 heteroatoms. The summed E-state index contributed by atoms with van der Waals surface area (Å²) in [7, 11) is 1.58. The second-order valence-corrected chi connectivity index (χ2v) is 14.8. The molecule has 0 unspecified atom stereocenters. The number of nitrogens with one attached hydrogen (secondary N) is 2. The van der Waals surface area contributed by atoms with E-state index in [1.165, 1.54) is 11.0 Å². The third kappa shape index (κ3) is 7.50. The number of carboxylic acid groups (broad SMARTS) is 1. The highest BCUT2D eigenvalue weighted by Gasteiger charge is 2.61. The number of likely N-dealkylation sites (tertiary alicyclic amines) is 1. The van der Waals surface area contributed by atoms with Crippen molar-refractivity contribution in [1.29, 1.82) is 0 Å². The first-order valence-corrected chi connectivity index (χ1v) is 17.5. The van der Waals surface area contributed by atoms with Gasteiger partial charge in [0.05, 0.1) is 24.9 Å². The van der Waals surface area contributed by atoms with Crippen molar-refractivity contribution in [1.82, 2.24) is 20.5 Å². The summed E-state index contributed by atoms with van der Waals surface area (Å²) in [5.74, 6) is -1.69. The summed E-state index contributed by atoms with van der Waals surface area (Å²) >= 11 is 0. The third-order valence-corrected chi connectivity index (χ3v) is 10.1. The molecule has 1 saturated heterocycles. The highest BCUT2D eigenvalue weighted by Crippen LogP contribution is 2.45. The molecule has 270 valence electrons. The smallest absolute Gasteiger partial charge is 0.408 e. The molecule has 3 amide bonds. The van der Waals surface area contributed by atoms with Crippen molar-refractivity contribution < 1.29 is 38.5 Å². The molecule has 1 aliphatic heterocycles. The molecule has 0 spiro atoms. The zero-order valence-electron chi connectivity index (χ0n) is 29.5. The van der Waals surface area contributed by atoms with Crippen LogP contribution in [0.1, 0.15) is 59.3 Å². The average molecular weight is 699 g/mol. The molecule has 3 fully saturated rings. The molecule has 2 heterocycles. The molecule has 1 aromatic heterocycles. The van der Waals surface area contributed by atoms with E-state index in [0.29, 0.717) is 28.1 Å². The van der Waals surface area contributed by atoms with E-state index in [9.17, 15) is 24.3 Å². The number of fused-ring (bicyclic) bond motifs is 1. The minimum atomic E-state index is -1.50. The molecule has 6 rings (SSSR count). The Morgan fingerprint density at radius 1 is 1.08 bits per heavy atom. The number of aliphatic carboxylic acids is 1. The van der Waals surface area contributed by atoms with Gasteiger partial charge >= 0.3 is 12.1 Å². The second kappa shape index (κ2) is 14.2. The number of nitrogens with zero attached hydrogens (tertiary/aromatic N) is 2. The Balaban J connectivity index is 1.32. The van der Waals surface area contributed by atoms with Crippen molar-refractivity contribution in [3.05, 3.63) is 67.3 Å². The van der Waals surface area contributed by atoms with Crippen LogP contribution in [0.2, 0.25) is 0 Å². The predicted octanol–water partition coefficient (Wildman–Crippen LogP) is 5.49. The van der Waals surface area contributed by atoms with Crippen LogP contribution in [0.5, 0.6) is 11.5 Å². The minimum Gasteiger partial charge on any atom is -0.497 e. The lowest BCUT2D eigenvalue weighted by atomic mass is 9.88. The number of carboxylic acids is 1. The topological polar surface area (TPSA) is 156 Å². The van der Waals surface area contributed by atoms with Crippen LogP contribution >= 0.6 is 0 Å². The number of carbonyl (C=O) groups excluding carboxylic acids is 3. The molecule has 3 N–H and O–H groups in total. The van der Waals surface area contributed by atoms with Gasteiger partial charge in [0.25, 0.3) is 5.91 Å². The minimum absolute atomic E-state index is 0.0112. The second-order valence-electron chi connectivity index (χ2n) is 14.8. The van der Waals surface area contributed by atoms with E-state index in [-0.39, 0.29) is 25.4 Å². The van der Waals surface area contributed by atoms with Crippen LogP contribution in [0.4, 0.5) is 4.79 Å². The van der Waals surface area contributed by atoms with Gasteiger partial charge in [-0.15, -0.1) is 6.58 Å². The first kappa shape index (κ1) is 35.7. The van der Waals surface area contributed by atoms with Gasteiger partial charge in [0.15, 0.2) is 6.10 Å². The van der Waals surface area contributed by atoms with Gasteiger partial charge in [-0.1, -0.05) is 70.0 Å². The van der Waals surface area contributed by atoms with Crippen LogP contribution in [0.15, 0.2) is 67.3 Å². The van der Waals surface area contributed by atoms with Gasteiger partial charge in [0.2, 0.25) is 5.91 Å². The van der Waals surface area contributed by atoms with E-state index in [2.05, 4.69) is 17.2 Å². The Morgan fingerprint density at radius 2 is 1.80 bits per heavy atom. The van der Waals surface area contributed by atoms with Crippen molar-refractivity contribution in [2.24, 2.45) is 11.3 Å². The van der Waals surface area contributed by atoms with E-state index < -0.39 is 59.0 Å². The lowest BCUT2D eigenvalue weighted by Gasteiger charge is -2.34. The molecular weight excluding hydrogens is 652 g/mol. The highest BCUT2D eigenvalue weighted by atomic mass is 16.6. The largest absolute Gasteiger partial charge is 0.497 e. The molecule has 3 aliphatic rings. The van der Waals surface area contributed by atoms with Gasteiger partial charge in [-0.25, -0.2) is 14.6 Å². The lowest BCUT2D eigenvalue weighted by molar-refractivity contribution is -0.151. The Hall–Kier alpha value is -5.13. The molecule has 51 heavy (non-hydrogen) atoms. The molecule has 2 saturated carbocycles. The average Bonchev–Trinajstić information content (AvgIpc) is 3.37. The Kier molecular flexibility index (Phi) is 9.97. The van der Waals surface area contributed by atoms with Crippen LogP contribution in [0.3, 0.4) is 0 Å². The quantitative estimate of drug-likeness (QED) is 0.221. The SMILES string of the molecule is C=C[C@@H]1C[C@]1(NC(=O)[C@H]1C[C@@H](Oc2cc(-c3ccccc3)nc3cc(OC)ccc23)CN1C(=O)[C@@H](OC(=O)NC1CCCC1)C(C)(C)C)C(=O)O. The Labute approximate surface area is 297 Å². The third-order valence-electron chi connectivity index (χ3n) is 10.1. The number of ether oxygens (including phenoxy) is 3. The molecule has 3 aromatic rings. The van der Waals surface area contributed by atoms with Crippen LogP contribution in [-0.4, -0.2) is 82.4 Å². The van der Waals surface area contributed by atoms with Crippen molar-refractivity contribution in [3.8, 4) is 22.8 Å². The number of hydrogen-bond acceptors (Lipinski definition) is 8. The summed E-state index contributed by atoms with van der Waals surface area (Å²) in [5.41, 5.74) is -0.171. The van der Waals surface area contributed by atoms with E-state index >= 15 is 0 Å². The summed E-state index contributed by atoms with van der Waals surface area (Å²) in [6.45, 7) is 9.08. The van der Waals surface area contributed by atoms with Crippen molar-refractivity contribution in [2.75, 3.05) is 13.7 Å². The van der Waals surface area contributed by atoms with Crippen molar-refractivity contribution in [2.45, 2.75) is 89.1 Å². The maximum absolute atomic E-state index is 14.5. The van der Waals surface area contributed by atoms with Crippen LogP contribution in [0, 0.1) is 11.3 Å². The fourth-order valence-electron chi connectivity index (χ4n) is 7.16. The number of carbonyl (C=O) groups is 4. The highest BCUT2D eigenvalue weighted by molar-refractivity contribution is 5.96. The fraction of sp³-hybridized carbons (Fsp3) is 0.462. The number of aromatic nitrogens is 1. The Bertz CT molecular complexity index is 1820. The van der Waals surface area contributed by atoms with Gasteiger partial charge in [0, 0.05) is 46.9 Å². The number of hydrogen-bond donors (Lipinski definition) is 3. The van der Waals surface area contributed by atoms with Gasteiger partial charge in [-0.2, -0.15) is 0 Å². The summed E-state index contributed by atoms with van der Waals surface area (Å²) < 4.78 is 17.9. The van der Waals surface area contributed by atoms with E-state index in [0.717, 1.165) is 31.2 Å². The van der Waals surface area contributed by atoms with E-state index in [1.807, 2.05) is 48.5 Å². The Morgan fingerprint density at radius 3 is 2.43 bits per heavy atom. The van der Waals surface area contributed by atoms with Gasteiger partial charge in [0.1, 0.15) is 29.2 Å². The van der Waals surface area contributed by atoms with Crippen molar-refractivity contribution >= 4 is 34.8 Å². The predicted molar refractivity (Wildman–Crippen MR) is 190 cm³/mol. The molecule has 12 nitrogen and oxygen atoms in total. The zero-order chi connectivity index (χ0) is 36.5. The summed E-state index contributed by atoms with van der Waals surface area (Å²) in [5, 5.41) is 16.3. The summed E-state index contributed by atoms with van der Waals surface area (Å²) in [6, 6.07) is 15.8. The maximum Gasteiger partial charge on any atom is 0.408 e. The number of benzene rings is 2. The van der Waals surface area contributed by atoms with Gasteiger partial charge in [-0.05, 0) is 31.4 Å². The number of rotatable bonds is 11. The maximum atomic E-state index is 14.5. The monoisotopic (exact) mass is 698 g/mol. The summed E-state index contributed by atoms with van der Waals surface area (Å²) in [6.07, 6.45) is 2.88. The van der Waals surface area contributed by atoms with Gasteiger partial charge in [-0.3, -0.25) is 9.59 Å². The lowest BCUT2D eigenvalue weighted by Crippen LogP contribution is -2.56. The summed E-state index contributed by atoms with van der Waals surface area (Å²) in [4.78, 5) is 60.1. The normalized spacial score (nSPS) is 23.7. The first-order valence-electron chi connectivity index (χ1n) is 17.5. The van der Waals surface area contributed by atoms with Crippen LogP contribution in [-0.2, 0) is 19.1 Å². The van der Waals surface area contributed by atoms with E-state index in [4.69, 9.17) is 19.2 Å². The molecule has 5 atom stereocenters. The molecule has 2 aromatic carbocycles. The van der Waals surface area contributed by atoms with Crippen molar-refractivity contribution in [3.63, 3.8) is 0 Å². The molecule has 0 radical (unpaired) electrons. The standard InChI is InChI=1S/C39H46N4O8/c1-6-24-21-39(24,36(46)47)42-34(44)31-19-27(22-43(31)35(45)33(38(2,3)4)51-37(48)40-25-14-10-11-15-25)50-32-20-29(23-12-8-7-9-13-23)41-30-18-26(49-5)16-17-28(30)32/h6-9,12-13,16-18,20,24-25,27,31,33H,1,10-11,14-15,19,21-22H2,2-5H3,(H,40,48)(H,42,44)(H,46,47)/t24-,27-,31-,33-,39-/m1/s1. The zero-order valence-corrected chi connectivity index (χ0v) is 29.5. The van der Waals surface area contributed by atoms with Gasteiger partial charge < -0.3 is 34.9 Å². The van der Waals surface area contributed by atoms with E-state index in [1.54, 1.807) is 33.9 Å². The first-order chi connectivity index (χ1) is 24.3.